The topological polar surface area (TPSA) is 63.6 Å². The predicted molar refractivity (Wildman–Crippen MR) is 54.5 cm³/mol. The van der Waals surface area contributed by atoms with E-state index >= 15 is 0 Å². The van der Waals surface area contributed by atoms with Gasteiger partial charge in [0, 0.05) is 0 Å². The van der Waals surface area contributed by atoms with E-state index in [1.54, 1.807) is 6.92 Å². The molecule has 0 heterocycles. The van der Waals surface area contributed by atoms with E-state index < -0.39 is 12.6 Å². The molecule has 0 saturated heterocycles. The molecule has 0 spiro atoms. The van der Waals surface area contributed by atoms with Crippen molar-refractivity contribution in [1.82, 2.24) is 0 Å². The Bertz CT molecular complexity index is 443. The van der Waals surface area contributed by atoms with E-state index in [-0.39, 0.29) is 17.7 Å². The van der Waals surface area contributed by atoms with Crippen LogP contribution in [0.15, 0.2) is 12.1 Å². The van der Waals surface area contributed by atoms with Gasteiger partial charge < -0.3 is 9.84 Å². The zero-order valence-corrected chi connectivity index (χ0v) is 8.94. The largest absolute Gasteiger partial charge is 0.481 e. The predicted octanol–water partition coefficient (Wildman–Crippen LogP) is 2.04. The molecule has 0 aliphatic rings. The quantitative estimate of drug-likeness (QED) is 0.805. The highest BCUT2D eigenvalue weighted by Gasteiger charge is 2.13. The number of carbonyl (C=O) groups is 2. The number of carboxylic acid groups (broad SMARTS) is 1. The van der Waals surface area contributed by atoms with Gasteiger partial charge in [0.1, 0.15) is 5.75 Å². The number of aliphatic carboxylic acids is 1. The van der Waals surface area contributed by atoms with Gasteiger partial charge in [0.15, 0.2) is 6.29 Å². The Morgan fingerprint density at radius 2 is 2.18 bits per heavy atom. The molecule has 0 fully saturated rings. The fourth-order valence-electron chi connectivity index (χ4n) is 1.40. The summed E-state index contributed by atoms with van der Waals surface area (Å²) >= 11 is 0. The first-order valence-electron chi connectivity index (χ1n) is 4.69. The number of carboxylic acids is 1. The summed E-state index contributed by atoms with van der Waals surface area (Å²) in [7, 11) is 0. The molecule has 0 aliphatic carbocycles. The number of alkyl halides is 2. The lowest BCUT2D eigenvalue weighted by Gasteiger charge is -2.11. The molecule has 17 heavy (non-hydrogen) atoms. The lowest BCUT2D eigenvalue weighted by molar-refractivity contribution is -0.136. The molecule has 1 aromatic carbocycles. The SMILES string of the molecule is Cc1cc(C=O)c(OC(F)F)cc1CC(=O)O. The van der Waals surface area contributed by atoms with Gasteiger partial charge in [-0.1, -0.05) is 0 Å². The summed E-state index contributed by atoms with van der Waals surface area (Å²) < 4.78 is 28.3. The maximum atomic E-state index is 12.1. The number of halogens is 2. The number of ether oxygens (including phenoxy) is 1. The van der Waals surface area contributed by atoms with Crippen LogP contribution in [0.4, 0.5) is 8.78 Å². The van der Waals surface area contributed by atoms with Gasteiger partial charge in [-0.15, -0.1) is 0 Å². The summed E-state index contributed by atoms with van der Waals surface area (Å²) in [4.78, 5) is 21.2. The number of hydrogen-bond donors (Lipinski definition) is 1. The monoisotopic (exact) mass is 244 g/mol. The molecule has 0 radical (unpaired) electrons. The minimum absolute atomic E-state index is 0.0306. The van der Waals surface area contributed by atoms with Gasteiger partial charge in [-0.3, -0.25) is 9.59 Å². The number of carbonyl (C=O) groups excluding carboxylic acids is 1. The third-order valence-corrected chi connectivity index (χ3v) is 2.15. The molecule has 0 atom stereocenters. The maximum Gasteiger partial charge on any atom is 0.387 e. The minimum Gasteiger partial charge on any atom is -0.481 e. The third kappa shape index (κ3) is 3.51. The van der Waals surface area contributed by atoms with Crippen LogP contribution < -0.4 is 4.74 Å². The van der Waals surface area contributed by atoms with E-state index in [9.17, 15) is 18.4 Å². The summed E-state index contributed by atoms with van der Waals surface area (Å²) in [5, 5.41) is 8.63. The molecule has 0 amide bonds. The van der Waals surface area contributed by atoms with Crippen LogP contribution in [0.3, 0.4) is 0 Å². The van der Waals surface area contributed by atoms with Crippen molar-refractivity contribution in [3.05, 3.63) is 28.8 Å². The van der Waals surface area contributed by atoms with Crippen molar-refractivity contribution in [3.63, 3.8) is 0 Å². The summed E-state index contributed by atoms with van der Waals surface area (Å²) in [5.41, 5.74) is 0.840. The van der Waals surface area contributed by atoms with Crippen molar-refractivity contribution in [2.24, 2.45) is 0 Å². The van der Waals surface area contributed by atoms with Crippen molar-refractivity contribution >= 4 is 12.3 Å². The first kappa shape index (κ1) is 13.1. The maximum absolute atomic E-state index is 12.1. The van der Waals surface area contributed by atoms with Gasteiger partial charge in [-0.25, -0.2) is 0 Å². The Balaban J connectivity index is 3.17. The van der Waals surface area contributed by atoms with E-state index in [4.69, 9.17) is 5.11 Å². The summed E-state index contributed by atoms with van der Waals surface area (Å²) in [6.45, 7) is -1.47. The van der Waals surface area contributed by atoms with Crippen molar-refractivity contribution < 1.29 is 28.2 Å². The highest BCUT2D eigenvalue weighted by Crippen LogP contribution is 2.24. The molecule has 0 bridgehead atoms. The number of hydrogen-bond acceptors (Lipinski definition) is 3. The minimum atomic E-state index is -3.06. The Hall–Kier alpha value is -1.98. The van der Waals surface area contributed by atoms with E-state index in [2.05, 4.69) is 4.74 Å². The number of rotatable bonds is 5. The molecule has 1 rings (SSSR count). The second kappa shape index (κ2) is 5.38. The van der Waals surface area contributed by atoms with Gasteiger partial charge in [-0.05, 0) is 30.2 Å². The Morgan fingerprint density at radius 3 is 2.65 bits per heavy atom. The molecule has 0 saturated carbocycles. The van der Waals surface area contributed by atoms with Crippen LogP contribution >= 0.6 is 0 Å². The Kier molecular flexibility index (Phi) is 4.14. The van der Waals surface area contributed by atoms with Crippen LogP contribution in [0.2, 0.25) is 0 Å². The molecule has 6 heteroatoms. The zero-order valence-electron chi connectivity index (χ0n) is 8.94. The molecule has 92 valence electrons. The average Bonchev–Trinajstić information content (AvgIpc) is 2.21. The van der Waals surface area contributed by atoms with E-state index in [0.717, 1.165) is 6.07 Å². The molecular weight excluding hydrogens is 234 g/mol. The Morgan fingerprint density at radius 1 is 1.53 bits per heavy atom. The normalized spacial score (nSPS) is 10.4. The summed E-state index contributed by atoms with van der Waals surface area (Å²) in [6.07, 6.45) is 0.0693. The number of aryl methyl sites for hydroxylation is 1. The van der Waals surface area contributed by atoms with Crippen LogP contribution in [0.5, 0.6) is 5.75 Å². The first-order chi connectivity index (χ1) is 7.93. The van der Waals surface area contributed by atoms with Gasteiger partial charge in [-0.2, -0.15) is 8.78 Å². The number of benzene rings is 1. The second-order valence-corrected chi connectivity index (χ2v) is 3.38. The summed E-state index contributed by atoms with van der Waals surface area (Å²) in [6, 6.07) is 2.47. The van der Waals surface area contributed by atoms with Crippen molar-refractivity contribution in [2.45, 2.75) is 20.0 Å². The van der Waals surface area contributed by atoms with Gasteiger partial charge in [0.25, 0.3) is 0 Å². The highest BCUT2D eigenvalue weighted by molar-refractivity contribution is 5.81. The molecule has 0 unspecified atom stereocenters. The van der Waals surface area contributed by atoms with E-state index in [1.165, 1.54) is 6.07 Å². The molecule has 1 aromatic rings. The van der Waals surface area contributed by atoms with Crippen LogP contribution in [-0.4, -0.2) is 24.0 Å². The fourth-order valence-corrected chi connectivity index (χ4v) is 1.40. The fraction of sp³-hybridized carbons (Fsp3) is 0.273. The second-order valence-electron chi connectivity index (χ2n) is 3.38. The highest BCUT2D eigenvalue weighted by atomic mass is 19.3. The van der Waals surface area contributed by atoms with Crippen molar-refractivity contribution in [3.8, 4) is 5.75 Å². The van der Waals surface area contributed by atoms with Crippen LogP contribution in [0, 0.1) is 6.92 Å². The molecule has 0 aromatic heterocycles. The smallest absolute Gasteiger partial charge is 0.387 e. The lowest BCUT2D eigenvalue weighted by atomic mass is 10.0. The first-order valence-corrected chi connectivity index (χ1v) is 4.69. The van der Waals surface area contributed by atoms with Crippen LogP contribution in [0.1, 0.15) is 21.5 Å². The summed E-state index contributed by atoms with van der Waals surface area (Å²) in [5.74, 6) is -1.40. The van der Waals surface area contributed by atoms with Gasteiger partial charge in [0.05, 0.1) is 12.0 Å². The van der Waals surface area contributed by atoms with Gasteiger partial charge >= 0.3 is 12.6 Å². The van der Waals surface area contributed by atoms with Crippen LogP contribution in [-0.2, 0) is 11.2 Å². The molecule has 4 nitrogen and oxygen atoms in total. The van der Waals surface area contributed by atoms with E-state index in [0.29, 0.717) is 17.4 Å². The zero-order chi connectivity index (χ0) is 13.0. The third-order valence-electron chi connectivity index (χ3n) is 2.15. The molecule has 1 N–H and O–H groups in total. The van der Waals surface area contributed by atoms with E-state index in [1.807, 2.05) is 0 Å². The average molecular weight is 244 g/mol. The van der Waals surface area contributed by atoms with Crippen molar-refractivity contribution in [2.75, 3.05) is 0 Å². The lowest BCUT2D eigenvalue weighted by Crippen LogP contribution is -2.08. The standard InChI is InChI=1S/C11H10F2O4/c1-6-2-8(5-14)9(17-11(12)13)3-7(6)4-10(15)16/h2-3,5,11H,4H2,1H3,(H,15,16). The van der Waals surface area contributed by atoms with Gasteiger partial charge in [0.2, 0.25) is 0 Å². The molecule has 0 aliphatic heterocycles. The Labute approximate surface area is 95.8 Å². The van der Waals surface area contributed by atoms with Crippen molar-refractivity contribution in [1.29, 1.82) is 0 Å². The molecular formula is C11H10F2O4. The van der Waals surface area contributed by atoms with Crippen LogP contribution in [0.25, 0.3) is 0 Å². The number of aldehydes is 1.